The molecule has 58 valence electrons. The smallest absolute Gasteiger partial charge is 1.00 e. The van der Waals surface area contributed by atoms with Crippen LogP contribution in [0.5, 0.6) is 0 Å². The quantitative estimate of drug-likeness (QED) is 0.451. The summed E-state index contributed by atoms with van der Waals surface area (Å²) in [5, 5.41) is 1.39. The van der Waals surface area contributed by atoms with E-state index in [0.29, 0.717) is 14.7 Å². The summed E-state index contributed by atoms with van der Waals surface area (Å²) in [5.74, 6) is 0. The number of fused-ring (bicyclic) bond motifs is 1. The molecule has 1 aromatic heterocycles. The molecule has 0 atom stereocenters. The van der Waals surface area contributed by atoms with Gasteiger partial charge in [0.15, 0.2) is 0 Å². The minimum Gasteiger partial charge on any atom is -1.00 e. The van der Waals surface area contributed by atoms with Crippen molar-refractivity contribution in [2.45, 2.75) is 0 Å². The standard InChI is InChI=1S/C8H8NSe.ClH/c1-9-6-7-4-2-3-5-8(7)10-9;/h2-6H,1H3;1H/q+1;/p-1. The molecule has 0 unspecified atom stereocenters. The molecule has 0 N–H and O–H groups in total. The third-order valence-corrected chi connectivity index (χ3v) is 3.50. The van der Waals surface area contributed by atoms with Crippen molar-refractivity contribution in [1.82, 2.24) is 0 Å². The molecule has 11 heavy (non-hydrogen) atoms. The summed E-state index contributed by atoms with van der Waals surface area (Å²) >= 11 is 0.538. The van der Waals surface area contributed by atoms with E-state index in [1.165, 1.54) is 9.65 Å². The Bertz CT molecular complexity index is 323. The zero-order chi connectivity index (χ0) is 6.97. The fraction of sp³-hybridized carbons (Fsp3) is 0.125. The molecule has 0 bridgehead atoms. The van der Waals surface area contributed by atoms with Gasteiger partial charge in [-0.1, -0.05) is 0 Å². The monoisotopic (exact) mass is 233 g/mol. The summed E-state index contributed by atoms with van der Waals surface area (Å²) in [5.41, 5.74) is 0. The first-order chi connectivity index (χ1) is 4.86. The van der Waals surface area contributed by atoms with Gasteiger partial charge in [0.1, 0.15) is 0 Å². The second-order valence-electron chi connectivity index (χ2n) is 2.30. The SMILES string of the molecule is C[n+]1cc2ccccc2[se]1.[Cl-]. The van der Waals surface area contributed by atoms with Crippen molar-refractivity contribution in [2.24, 2.45) is 7.05 Å². The molecule has 0 radical (unpaired) electrons. The first kappa shape index (κ1) is 8.79. The van der Waals surface area contributed by atoms with Crippen molar-refractivity contribution in [3.05, 3.63) is 30.5 Å². The molecule has 2 rings (SSSR count). The number of hydrogen-bond acceptors (Lipinski definition) is 0. The van der Waals surface area contributed by atoms with E-state index in [-0.39, 0.29) is 12.4 Å². The Kier molecular flexibility index (Phi) is 2.72. The van der Waals surface area contributed by atoms with Crippen LogP contribution in [0.2, 0.25) is 0 Å². The maximum absolute atomic E-state index is 2.26. The summed E-state index contributed by atoms with van der Waals surface area (Å²) < 4.78 is 3.76. The van der Waals surface area contributed by atoms with Gasteiger partial charge in [0.2, 0.25) is 0 Å². The number of hydrogen-bond donors (Lipinski definition) is 0. The van der Waals surface area contributed by atoms with Crippen LogP contribution in [-0.4, -0.2) is 14.7 Å². The van der Waals surface area contributed by atoms with Gasteiger partial charge in [-0.3, -0.25) is 0 Å². The molecular weight excluding hydrogens is 225 g/mol. The summed E-state index contributed by atoms with van der Waals surface area (Å²) in [4.78, 5) is 0. The van der Waals surface area contributed by atoms with E-state index in [1.54, 1.807) is 0 Å². The molecule has 0 spiro atoms. The number of rotatable bonds is 0. The average Bonchev–Trinajstić information content (AvgIpc) is 2.27. The fourth-order valence-electron chi connectivity index (χ4n) is 1.05. The van der Waals surface area contributed by atoms with Gasteiger partial charge in [-0.2, -0.15) is 0 Å². The van der Waals surface area contributed by atoms with Gasteiger partial charge in [0, 0.05) is 0 Å². The van der Waals surface area contributed by atoms with Gasteiger partial charge < -0.3 is 12.4 Å². The number of halogens is 1. The summed E-state index contributed by atoms with van der Waals surface area (Å²) in [7, 11) is 2.12. The molecule has 0 fully saturated rings. The van der Waals surface area contributed by atoms with E-state index in [2.05, 4.69) is 41.1 Å². The fourth-order valence-corrected chi connectivity index (χ4v) is 2.81. The molecular formula is C8H8ClNSe. The van der Waals surface area contributed by atoms with E-state index < -0.39 is 0 Å². The summed E-state index contributed by atoms with van der Waals surface area (Å²) in [6.07, 6.45) is 2.20. The first-order valence-electron chi connectivity index (χ1n) is 3.21. The summed E-state index contributed by atoms with van der Waals surface area (Å²) in [6.45, 7) is 0. The Morgan fingerprint density at radius 3 is 2.73 bits per heavy atom. The predicted molar refractivity (Wildman–Crippen MR) is 42.1 cm³/mol. The van der Waals surface area contributed by atoms with Crippen molar-refractivity contribution >= 4 is 24.4 Å². The van der Waals surface area contributed by atoms with E-state index >= 15 is 0 Å². The van der Waals surface area contributed by atoms with Crippen LogP contribution in [0.15, 0.2) is 30.5 Å². The van der Waals surface area contributed by atoms with E-state index in [0.717, 1.165) is 0 Å². The predicted octanol–water partition coefficient (Wildman–Crippen LogP) is -2.27. The van der Waals surface area contributed by atoms with Crippen molar-refractivity contribution in [2.75, 3.05) is 0 Å². The molecule has 0 aliphatic rings. The Labute approximate surface area is 78.0 Å². The molecule has 0 saturated heterocycles. The maximum Gasteiger partial charge on any atom is -1.00 e. The van der Waals surface area contributed by atoms with Crippen LogP contribution < -0.4 is 16.0 Å². The van der Waals surface area contributed by atoms with Gasteiger partial charge in [-0.05, 0) is 0 Å². The molecule has 2 aromatic rings. The Morgan fingerprint density at radius 1 is 1.27 bits per heavy atom. The van der Waals surface area contributed by atoms with E-state index in [4.69, 9.17) is 0 Å². The largest absolute Gasteiger partial charge is 1.00 e. The molecule has 1 nitrogen and oxygen atoms in total. The minimum atomic E-state index is 0. The van der Waals surface area contributed by atoms with Crippen LogP contribution >= 0.6 is 0 Å². The third kappa shape index (κ3) is 1.64. The maximum atomic E-state index is 2.26. The van der Waals surface area contributed by atoms with Crippen LogP contribution in [0.4, 0.5) is 0 Å². The Balaban J connectivity index is 0.000000605. The van der Waals surface area contributed by atoms with Crippen molar-refractivity contribution in [1.29, 1.82) is 0 Å². The number of aryl methyl sites for hydroxylation is 1. The van der Waals surface area contributed by atoms with Crippen LogP contribution in [0.25, 0.3) is 9.65 Å². The molecule has 3 heteroatoms. The first-order valence-corrected chi connectivity index (χ1v) is 4.83. The topological polar surface area (TPSA) is 3.88 Å². The average molecular weight is 233 g/mol. The molecule has 0 amide bonds. The van der Waals surface area contributed by atoms with Crippen molar-refractivity contribution in [3.63, 3.8) is 0 Å². The van der Waals surface area contributed by atoms with Crippen LogP contribution in [0, 0.1) is 0 Å². The number of nitrogens with zero attached hydrogens (tertiary/aromatic N) is 1. The third-order valence-electron chi connectivity index (χ3n) is 1.48. The van der Waals surface area contributed by atoms with Crippen molar-refractivity contribution < 1.29 is 16.0 Å². The second-order valence-corrected chi connectivity index (χ2v) is 4.82. The number of aromatic nitrogens is 1. The number of benzene rings is 1. The second kappa shape index (κ2) is 3.40. The van der Waals surface area contributed by atoms with E-state index in [1.807, 2.05) is 0 Å². The molecule has 1 aromatic carbocycles. The zero-order valence-electron chi connectivity index (χ0n) is 6.12. The van der Waals surface area contributed by atoms with Crippen LogP contribution in [-0.2, 0) is 7.05 Å². The van der Waals surface area contributed by atoms with Crippen LogP contribution in [0.3, 0.4) is 0 Å². The Hall–Kier alpha value is -0.301. The van der Waals surface area contributed by atoms with Gasteiger partial charge in [-0.25, -0.2) is 0 Å². The Morgan fingerprint density at radius 2 is 2.00 bits per heavy atom. The molecule has 0 saturated carbocycles. The zero-order valence-corrected chi connectivity index (χ0v) is 8.59. The molecule has 0 aliphatic carbocycles. The molecule has 1 heterocycles. The van der Waals surface area contributed by atoms with Gasteiger partial charge in [0.25, 0.3) is 0 Å². The molecule has 0 aliphatic heterocycles. The normalized spacial score (nSPS) is 9.55. The van der Waals surface area contributed by atoms with Gasteiger partial charge in [0.05, 0.1) is 0 Å². The van der Waals surface area contributed by atoms with E-state index in [9.17, 15) is 0 Å². The van der Waals surface area contributed by atoms with Crippen LogP contribution in [0.1, 0.15) is 0 Å². The van der Waals surface area contributed by atoms with Crippen molar-refractivity contribution in [3.8, 4) is 0 Å². The van der Waals surface area contributed by atoms with Gasteiger partial charge in [-0.15, -0.1) is 0 Å². The van der Waals surface area contributed by atoms with Gasteiger partial charge >= 0.3 is 65.5 Å². The minimum absolute atomic E-state index is 0. The summed E-state index contributed by atoms with van der Waals surface area (Å²) in [6, 6.07) is 8.56.